The Morgan fingerprint density at radius 1 is 0.968 bits per heavy atom. The molecule has 2 aromatic rings. The van der Waals surface area contributed by atoms with Gasteiger partial charge in [-0.05, 0) is 93.1 Å². The molecule has 1 aromatic heterocycles. The van der Waals surface area contributed by atoms with Crippen LogP contribution in [0.1, 0.15) is 53.5 Å². The van der Waals surface area contributed by atoms with Crippen LogP contribution >= 0.6 is 11.3 Å². The fraction of sp³-hybridized carbons (Fsp3) is 0.545. The predicted molar refractivity (Wildman–Crippen MR) is 126 cm³/mol. The summed E-state index contributed by atoms with van der Waals surface area (Å²) < 4.78 is 57.0. The molecule has 31 heavy (non-hydrogen) atoms. The summed E-state index contributed by atoms with van der Waals surface area (Å²) in [5.74, 6) is 0. The molecule has 0 aliphatic carbocycles. The topological polar surface area (TPSA) is 83.6 Å². The minimum Gasteiger partial charge on any atom is -0.211 e. The van der Waals surface area contributed by atoms with Gasteiger partial charge in [-0.2, -0.15) is 4.31 Å². The maximum atomic E-state index is 13.2. The number of sulfonamides is 2. The van der Waals surface area contributed by atoms with Crippen molar-refractivity contribution >= 4 is 31.4 Å². The summed E-state index contributed by atoms with van der Waals surface area (Å²) in [6.45, 7) is 10.3. The summed E-state index contributed by atoms with van der Waals surface area (Å²) >= 11 is 1.22. The molecule has 1 atom stereocenters. The number of hydrogen-bond donors (Lipinski definition) is 1. The quantitative estimate of drug-likeness (QED) is 0.638. The largest absolute Gasteiger partial charge is 0.252 e. The van der Waals surface area contributed by atoms with E-state index in [2.05, 4.69) is 4.72 Å². The standard InChI is InChI=1S/C22H32N2O4S3/c1-15-16(2)18(4)22(19(5)17(15)3)30(25,26)23-12-11-20-9-6-7-13-24(20)31(27,28)21-10-8-14-29-21/h8,10,14,20,23H,6-7,9,11-13H2,1-5H3. The first-order valence-corrected chi connectivity index (χ1v) is 14.4. The first-order chi connectivity index (χ1) is 14.5. The molecule has 1 aliphatic rings. The molecule has 172 valence electrons. The lowest BCUT2D eigenvalue weighted by Gasteiger charge is -2.34. The minimum atomic E-state index is -3.70. The van der Waals surface area contributed by atoms with E-state index >= 15 is 0 Å². The number of piperidine rings is 1. The van der Waals surface area contributed by atoms with Crippen LogP contribution in [-0.2, 0) is 20.0 Å². The molecule has 0 amide bonds. The van der Waals surface area contributed by atoms with Gasteiger partial charge >= 0.3 is 0 Å². The highest BCUT2D eigenvalue weighted by molar-refractivity contribution is 7.91. The smallest absolute Gasteiger partial charge is 0.211 e. The van der Waals surface area contributed by atoms with Crippen molar-refractivity contribution < 1.29 is 16.8 Å². The van der Waals surface area contributed by atoms with Crippen LogP contribution in [0.3, 0.4) is 0 Å². The molecule has 2 heterocycles. The summed E-state index contributed by atoms with van der Waals surface area (Å²) in [4.78, 5) is 0.347. The summed E-state index contributed by atoms with van der Waals surface area (Å²) in [5.41, 5.74) is 4.64. The van der Waals surface area contributed by atoms with Gasteiger partial charge in [-0.25, -0.2) is 21.6 Å². The van der Waals surface area contributed by atoms with Gasteiger partial charge in [0, 0.05) is 19.1 Å². The van der Waals surface area contributed by atoms with Crippen LogP contribution < -0.4 is 4.72 Å². The number of thiophene rings is 1. The van der Waals surface area contributed by atoms with Crippen molar-refractivity contribution in [1.29, 1.82) is 0 Å². The molecular weight excluding hydrogens is 452 g/mol. The van der Waals surface area contributed by atoms with Crippen LogP contribution in [-0.4, -0.2) is 40.3 Å². The Bertz CT molecular complexity index is 1120. The Morgan fingerprint density at radius 3 is 2.16 bits per heavy atom. The first kappa shape index (κ1) is 24.4. The molecule has 6 nitrogen and oxygen atoms in total. The Morgan fingerprint density at radius 2 is 1.58 bits per heavy atom. The zero-order chi connectivity index (χ0) is 23.0. The molecule has 1 aromatic carbocycles. The molecular formula is C22H32N2O4S3. The second-order valence-corrected chi connectivity index (χ2v) is 13.1. The van der Waals surface area contributed by atoms with Crippen LogP contribution in [0.4, 0.5) is 0 Å². The van der Waals surface area contributed by atoms with Crippen molar-refractivity contribution in [3.05, 3.63) is 45.3 Å². The Kier molecular flexibility index (Phi) is 7.32. The fourth-order valence-corrected chi connectivity index (χ4v) is 8.89. The molecule has 1 saturated heterocycles. The first-order valence-electron chi connectivity index (χ1n) is 10.6. The third-order valence-corrected chi connectivity index (χ3v) is 11.7. The van der Waals surface area contributed by atoms with Crippen LogP contribution in [0.5, 0.6) is 0 Å². The highest BCUT2D eigenvalue weighted by atomic mass is 32.2. The number of rotatable bonds is 7. The molecule has 1 fully saturated rings. The minimum absolute atomic E-state index is 0.202. The van der Waals surface area contributed by atoms with Gasteiger partial charge < -0.3 is 0 Å². The van der Waals surface area contributed by atoms with E-state index in [-0.39, 0.29) is 12.6 Å². The summed E-state index contributed by atoms with van der Waals surface area (Å²) in [5, 5.41) is 1.76. The van der Waals surface area contributed by atoms with E-state index in [0.29, 0.717) is 22.1 Å². The SMILES string of the molecule is Cc1c(C)c(C)c(S(=O)(=O)NCCC2CCCCN2S(=O)(=O)c2cccs2)c(C)c1C. The van der Waals surface area contributed by atoms with E-state index in [0.717, 1.165) is 47.1 Å². The predicted octanol–water partition coefficient (Wildman–Crippen LogP) is 4.20. The lowest BCUT2D eigenvalue weighted by Crippen LogP contribution is -2.45. The van der Waals surface area contributed by atoms with Gasteiger partial charge in [0.2, 0.25) is 10.0 Å². The second-order valence-electron chi connectivity index (χ2n) is 8.34. The van der Waals surface area contributed by atoms with E-state index in [4.69, 9.17) is 0 Å². The van der Waals surface area contributed by atoms with E-state index in [1.165, 1.54) is 11.3 Å². The van der Waals surface area contributed by atoms with Crippen molar-refractivity contribution in [1.82, 2.24) is 9.03 Å². The highest BCUT2D eigenvalue weighted by Gasteiger charge is 2.34. The lowest BCUT2D eigenvalue weighted by atomic mass is 9.95. The van der Waals surface area contributed by atoms with Crippen molar-refractivity contribution in [2.24, 2.45) is 0 Å². The summed E-state index contributed by atoms with van der Waals surface area (Å²) in [6.07, 6.45) is 2.97. The van der Waals surface area contributed by atoms with Gasteiger partial charge in [-0.1, -0.05) is 12.5 Å². The van der Waals surface area contributed by atoms with Crippen molar-refractivity contribution in [3.63, 3.8) is 0 Å². The Hall–Kier alpha value is -1.26. The maximum Gasteiger partial charge on any atom is 0.252 e. The van der Waals surface area contributed by atoms with Crippen LogP contribution in [0.15, 0.2) is 26.6 Å². The molecule has 0 saturated carbocycles. The lowest BCUT2D eigenvalue weighted by molar-refractivity contribution is 0.242. The van der Waals surface area contributed by atoms with Gasteiger partial charge in [-0.3, -0.25) is 0 Å². The summed E-state index contributed by atoms with van der Waals surface area (Å²) in [7, 11) is -7.24. The van der Waals surface area contributed by atoms with Crippen LogP contribution in [0.25, 0.3) is 0 Å². The van der Waals surface area contributed by atoms with Gasteiger partial charge in [0.1, 0.15) is 4.21 Å². The molecule has 0 radical (unpaired) electrons. The van der Waals surface area contributed by atoms with E-state index in [1.807, 2.05) is 34.6 Å². The zero-order valence-corrected chi connectivity index (χ0v) is 21.3. The van der Waals surface area contributed by atoms with Gasteiger partial charge in [-0.15, -0.1) is 11.3 Å². The van der Waals surface area contributed by atoms with E-state index in [1.54, 1.807) is 21.8 Å². The fourth-order valence-electron chi connectivity index (χ4n) is 4.41. The molecule has 1 unspecified atom stereocenters. The van der Waals surface area contributed by atoms with Gasteiger partial charge in [0.05, 0.1) is 4.90 Å². The molecule has 9 heteroatoms. The number of nitrogens with one attached hydrogen (secondary N) is 1. The van der Waals surface area contributed by atoms with Gasteiger partial charge in [0.15, 0.2) is 0 Å². The van der Waals surface area contributed by atoms with Crippen molar-refractivity contribution in [2.75, 3.05) is 13.1 Å². The number of nitrogens with zero attached hydrogens (tertiary/aromatic N) is 1. The van der Waals surface area contributed by atoms with Crippen molar-refractivity contribution in [3.8, 4) is 0 Å². The zero-order valence-electron chi connectivity index (χ0n) is 18.9. The molecule has 1 N–H and O–H groups in total. The van der Waals surface area contributed by atoms with Gasteiger partial charge in [0.25, 0.3) is 10.0 Å². The van der Waals surface area contributed by atoms with Crippen LogP contribution in [0.2, 0.25) is 0 Å². The molecule has 0 spiro atoms. The Balaban J connectivity index is 1.77. The monoisotopic (exact) mass is 484 g/mol. The molecule has 1 aliphatic heterocycles. The molecule has 3 rings (SSSR count). The van der Waals surface area contributed by atoms with Crippen LogP contribution in [0, 0.1) is 34.6 Å². The average Bonchev–Trinajstić information content (AvgIpc) is 3.27. The molecule has 0 bridgehead atoms. The average molecular weight is 485 g/mol. The highest BCUT2D eigenvalue weighted by Crippen LogP contribution is 2.31. The number of benzene rings is 1. The summed E-state index contributed by atoms with van der Waals surface area (Å²) in [6, 6.07) is 3.16. The second kappa shape index (κ2) is 9.31. The normalized spacial score (nSPS) is 18.4. The number of hydrogen-bond acceptors (Lipinski definition) is 5. The maximum absolute atomic E-state index is 13.2. The third-order valence-electron chi connectivity index (χ3n) is 6.60. The Labute approximate surface area is 190 Å². The third kappa shape index (κ3) is 4.75. The van der Waals surface area contributed by atoms with Crippen molar-refractivity contribution in [2.45, 2.75) is 75.4 Å². The van der Waals surface area contributed by atoms with E-state index in [9.17, 15) is 16.8 Å². The van der Waals surface area contributed by atoms with E-state index < -0.39 is 20.0 Å².